The van der Waals surface area contributed by atoms with E-state index in [4.69, 9.17) is 10.2 Å². The van der Waals surface area contributed by atoms with Gasteiger partial charge in [0.1, 0.15) is 5.58 Å². The number of furan rings is 1. The molecule has 0 aliphatic carbocycles. The smallest absolute Gasteiger partial charge is 0.233 e. The summed E-state index contributed by atoms with van der Waals surface area (Å²) in [6.07, 6.45) is 1.76. The van der Waals surface area contributed by atoms with E-state index in [0.717, 1.165) is 16.5 Å². The highest BCUT2D eigenvalue weighted by Crippen LogP contribution is 2.31. The summed E-state index contributed by atoms with van der Waals surface area (Å²) in [7, 11) is 0. The van der Waals surface area contributed by atoms with Crippen LogP contribution in [0.25, 0.3) is 11.0 Å². The molecule has 0 bridgehead atoms. The van der Waals surface area contributed by atoms with E-state index in [1.165, 1.54) is 0 Å². The van der Waals surface area contributed by atoms with E-state index in [1.54, 1.807) is 6.26 Å². The summed E-state index contributed by atoms with van der Waals surface area (Å²) >= 11 is 0. The van der Waals surface area contributed by atoms with Crippen molar-refractivity contribution >= 4 is 16.9 Å². The number of benzene rings is 1. The molecule has 3 N–H and O–H groups in total. The molecule has 0 unspecified atom stereocenters. The number of fused-ring (bicyclic) bond motifs is 1. The molecule has 1 amide bonds. The average molecular weight is 246 g/mol. The number of nitrogens with one attached hydrogen (secondary N) is 1. The van der Waals surface area contributed by atoms with Crippen LogP contribution in [0.2, 0.25) is 0 Å². The number of para-hydroxylation sites is 1. The molecule has 18 heavy (non-hydrogen) atoms. The highest BCUT2D eigenvalue weighted by Gasteiger charge is 2.25. The average Bonchev–Trinajstić information content (AvgIpc) is 2.80. The number of carbonyl (C=O) groups is 1. The molecule has 4 nitrogen and oxygen atoms in total. The molecule has 1 aromatic heterocycles. The van der Waals surface area contributed by atoms with Gasteiger partial charge in [0.05, 0.1) is 12.8 Å². The normalized spacial score (nSPS) is 11.7. The van der Waals surface area contributed by atoms with Gasteiger partial charge >= 0.3 is 0 Å². The minimum atomic E-state index is -0.197. The Hall–Kier alpha value is -1.81. The van der Waals surface area contributed by atoms with Crippen LogP contribution < -0.4 is 11.1 Å². The van der Waals surface area contributed by atoms with Gasteiger partial charge in [-0.05, 0) is 6.07 Å². The molecule has 1 aromatic carbocycles. The largest absolute Gasteiger partial charge is 0.464 e. The number of rotatable bonds is 4. The van der Waals surface area contributed by atoms with Crippen molar-refractivity contribution in [1.29, 1.82) is 0 Å². The van der Waals surface area contributed by atoms with E-state index in [-0.39, 0.29) is 17.9 Å². The second kappa shape index (κ2) is 4.82. The maximum atomic E-state index is 11.2. The Labute approximate surface area is 106 Å². The van der Waals surface area contributed by atoms with Crippen LogP contribution in [0.4, 0.5) is 0 Å². The predicted octanol–water partition coefficient (Wildman–Crippen LogP) is 1.79. The SMILES string of the molecule is CC(C)(CNC(=O)CN)c1coc2ccccc12. The summed E-state index contributed by atoms with van der Waals surface area (Å²) < 4.78 is 5.53. The Balaban J connectivity index is 2.26. The topological polar surface area (TPSA) is 68.3 Å². The van der Waals surface area contributed by atoms with E-state index in [1.807, 2.05) is 24.3 Å². The zero-order chi connectivity index (χ0) is 13.2. The number of hydrogen-bond acceptors (Lipinski definition) is 3. The van der Waals surface area contributed by atoms with Crippen LogP contribution in [0.3, 0.4) is 0 Å². The lowest BCUT2D eigenvalue weighted by atomic mass is 9.84. The Bertz CT molecular complexity index is 558. The molecule has 96 valence electrons. The van der Waals surface area contributed by atoms with Gasteiger partial charge in [0.25, 0.3) is 0 Å². The third-order valence-electron chi connectivity index (χ3n) is 3.12. The first-order valence-corrected chi connectivity index (χ1v) is 5.98. The van der Waals surface area contributed by atoms with Gasteiger partial charge in [0, 0.05) is 22.9 Å². The van der Waals surface area contributed by atoms with E-state index < -0.39 is 0 Å². The Morgan fingerprint density at radius 1 is 1.39 bits per heavy atom. The van der Waals surface area contributed by atoms with E-state index in [2.05, 4.69) is 19.2 Å². The third kappa shape index (κ3) is 2.38. The highest BCUT2D eigenvalue weighted by molar-refractivity contribution is 5.82. The molecule has 1 heterocycles. The molecule has 0 aliphatic rings. The summed E-state index contributed by atoms with van der Waals surface area (Å²) in [6.45, 7) is 4.69. The van der Waals surface area contributed by atoms with Gasteiger partial charge in [0.15, 0.2) is 0 Å². The lowest BCUT2D eigenvalue weighted by Crippen LogP contribution is -2.39. The molecule has 0 saturated heterocycles. The van der Waals surface area contributed by atoms with Gasteiger partial charge in [-0.25, -0.2) is 0 Å². The Morgan fingerprint density at radius 2 is 2.11 bits per heavy atom. The van der Waals surface area contributed by atoms with Gasteiger partial charge in [-0.15, -0.1) is 0 Å². The van der Waals surface area contributed by atoms with Gasteiger partial charge < -0.3 is 15.5 Å². The van der Waals surface area contributed by atoms with Crippen molar-refractivity contribution in [1.82, 2.24) is 5.32 Å². The lowest BCUT2D eigenvalue weighted by Gasteiger charge is -2.24. The minimum Gasteiger partial charge on any atom is -0.464 e. The van der Waals surface area contributed by atoms with E-state index in [0.29, 0.717) is 6.54 Å². The van der Waals surface area contributed by atoms with Crippen LogP contribution in [0, 0.1) is 0 Å². The van der Waals surface area contributed by atoms with Crippen molar-refractivity contribution in [2.75, 3.05) is 13.1 Å². The maximum Gasteiger partial charge on any atom is 0.233 e. The van der Waals surface area contributed by atoms with Crippen molar-refractivity contribution < 1.29 is 9.21 Å². The molecule has 0 atom stereocenters. The molecule has 0 fully saturated rings. The van der Waals surface area contributed by atoms with Gasteiger partial charge in [-0.1, -0.05) is 32.0 Å². The van der Waals surface area contributed by atoms with Crippen LogP contribution in [-0.2, 0) is 10.2 Å². The summed E-state index contributed by atoms with van der Waals surface area (Å²) in [5.74, 6) is -0.143. The van der Waals surface area contributed by atoms with Crippen molar-refractivity contribution in [3.8, 4) is 0 Å². The quantitative estimate of drug-likeness (QED) is 0.864. The lowest BCUT2D eigenvalue weighted by molar-refractivity contribution is -0.119. The standard InChI is InChI=1S/C14H18N2O2/c1-14(2,9-16-13(17)7-15)11-8-18-12-6-4-3-5-10(11)12/h3-6,8H,7,9,15H2,1-2H3,(H,16,17). The van der Waals surface area contributed by atoms with E-state index >= 15 is 0 Å². The zero-order valence-electron chi connectivity index (χ0n) is 10.7. The predicted molar refractivity (Wildman–Crippen MR) is 71.3 cm³/mol. The first-order valence-electron chi connectivity index (χ1n) is 5.98. The molecule has 0 radical (unpaired) electrons. The van der Waals surface area contributed by atoms with Gasteiger partial charge in [-0.2, -0.15) is 0 Å². The number of nitrogens with two attached hydrogens (primary N) is 1. The highest BCUT2D eigenvalue weighted by atomic mass is 16.3. The molecule has 2 aromatic rings. The van der Waals surface area contributed by atoms with Crippen molar-refractivity contribution in [3.05, 3.63) is 36.1 Å². The molecule has 0 spiro atoms. The fourth-order valence-corrected chi connectivity index (χ4v) is 1.99. The second-order valence-electron chi connectivity index (χ2n) is 5.01. The second-order valence-corrected chi connectivity index (χ2v) is 5.01. The fraction of sp³-hybridized carbons (Fsp3) is 0.357. The number of carbonyl (C=O) groups excluding carboxylic acids is 1. The Morgan fingerprint density at radius 3 is 2.83 bits per heavy atom. The molecule has 0 aliphatic heterocycles. The van der Waals surface area contributed by atoms with Gasteiger partial charge in [-0.3, -0.25) is 4.79 Å². The third-order valence-corrected chi connectivity index (χ3v) is 3.12. The first-order chi connectivity index (χ1) is 8.54. The number of amides is 1. The fourth-order valence-electron chi connectivity index (χ4n) is 1.99. The maximum absolute atomic E-state index is 11.2. The minimum absolute atomic E-state index is 0.0161. The first kappa shape index (κ1) is 12.6. The monoisotopic (exact) mass is 246 g/mol. The summed E-state index contributed by atoms with van der Waals surface area (Å²) in [5.41, 5.74) is 7.04. The van der Waals surface area contributed by atoms with Crippen LogP contribution in [0.15, 0.2) is 34.9 Å². The van der Waals surface area contributed by atoms with Crippen LogP contribution in [0.1, 0.15) is 19.4 Å². The molecule has 0 saturated carbocycles. The van der Waals surface area contributed by atoms with Gasteiger partial charge in [0.2, 0.25) is 5.91 Å². The Kier molecular flexibility index (Phi) is 3.39. The molecule has 4 heteroatoms. The molecule has 2 rings (SSSR count). The summed E-state index contributed by atoms with van der Waals surface area (Å²) in [6, 6.07) is 7.89. The van der Waals surface area contributed by atoms with Crippen molar-refractivity contribution in [2.24, 2.45) is 5.73 Å². The molecular weight excluding hydrogens is 228 g/mol. The van der Waals surface area contributed by atoms with Crippen molar-refractivity contribution in [3.63, 3.8) is 0 Å². The van der Waals surface area contributed by atoms with Crippen molar-refractivity contribution in [2.45, 2.75) is 19.3 Å². The van der Waals surface area contributed by atoms with Crippen LogP contribution in [0.5, 0.6) is 0 Å². The van der Waals surface area contributed by atoms with Crippen LogP contribution >= 0.6 is 0 Å². The van der Waals surface area contributed by atoms with Crippen LogP contribution in [-0.4, -0.2) is 19.0 Å². The molecular formula is C14H18N2O2. The zero-order valence-corrected chi connectivity index (χ0v) is 10.7. The summed E-state index contributed by atoms with van der Waals surface area (Å²) in [5, 5.41) is 3.91. The summed E-state index contributed by atoms with van der Waals surface area (Å²) in [4.78, 5) is 11.2. The van der Waals surface area contributed by atoms with E-state index in [9.17, 15) is 4.79 Å². The number of hydrogen-bond donors (Lipinski definition) is 2.